The average Bonchev–Trinajstić information content (AvgIpc) is 2.96. The summed E-state index contributed by atoms with van der Waals surface area (Å²) < 4.78 is 64.8. The fourth-order valence-corrected chi connectivity index (χ4v) is 5.88. The van der Waals surface area contributed by atoms with Gasteiger partial charge in [0, 0.05) is 57.5 Å². The smallest absolute Gasteiger partial charge is 0.379 e. The summed E-state index contributed by atoms with van der Waals surface area (Å²) in [4.78, 5) is 25.7. The first-order chi connectivity index (χ1) is 19.2. The number of rotatable bonds is 6. The molecule has 1 aromatic heterocycles. The third kappa shape index (κ3) is 6.08. The van der Waals surface area contributed by atoms with Gasteiger partial charge in [-0.2, -0.15) is 13.2 Å². The molecule has 8 nitrogen and oxygen atoms in total. The van der Waals surface area contributed by atoms with E-state index in [0.29, 0.717) is 56.2 Å². The van der Waals surface area contributed by atoms with Gasteiger partial charge in [-0.25, -0.2) is 14.4 Å². The molecule has 0 bridgehead atoms. The number of carbonyl (C=O) groups excluding carboxylic acids is 1. The number of hydrogen-bond acceptors (Lipinski definition) is 7. The van der Waals surface area contributed by atoms with E-state index in [1.807, 2.05) is 4.90 Å². The monoisotopic (exact) mass is 565 g/mol. The molecule has 2 saturated heterocycles. The van der Waals surface area contributed by atoms with Gasteiger partial charge in [-0.3, -0.25) is 4.79 Å². The lowest BCUT2D eigenvalue weighted by Crippen LogP contribution is -2.54. The predicted octanol–water partition coefficient (Wildman–Crippen LogP) is 3.83. The molecule has 0 spiro atoms. The van der Waals surface area contributed by atoms with Gasteiger partial charge in [0.1, 0.15) is 18.2 Å². The minimum absolute atomic E-state index is 0.00331. The Bertz CT molecular complexity index is 1220. The number of hydrogen-bond donors (Lipinski definition) is 1. The quantitative estimate of drug-likeness (QED) is 0.534. The van der Waals surface area contributed by atoms with E-state index < -0.39 is 18.4 Å². The topological polar surface area (TPSA) is 79.8 Å². The molecule has 1 amide bonds. The van der Waals surface area contributed by atoms with Gasteiger partial charge < -0.3 is 24.6 Å². The number of halogens is 4. The fourth-order valence-electron chi connectivity index (χ4n) is 5.88. The van der Waals surface area contributed by atoms with Crippen molar-refractivity contribution in [2.45, 2.75) is 70.2 Å². The molecule has 0 radical (unpaired) electrons. The maximum atomic E-state index is 13.8. The zero-order valence-electron chi connectivity index (χ0n) is 22.8. The van der Waals surface area contributed by atoms with E-state index >= 15 is 0 Å². The van der Waals surface area contributed by atoms with Gasteiger partial charge in [0.15, 0.2) is 5.82 Å². The van der Waals surface area contributed by atoms with Crippen molar-refractivity contribution in [1.29, 1.82) is 0 Å². The third-order valence-electron chi connectivity index (χ3n) is 8.17. The van der Waals surface area contributed by atoms with E-state index in [-0.39, 0.29) is 42.2 Å². The van der Waals surface area contributed by atoms with E-state index in [4.69, 9.17) is 9.47 Å². The van der Waals surface area contributed by atoms with Gasteiger partial charge in [0.05, 0.1) is 18.3 Å². The Morgan fingerprint density at radius 2 is 1.93 bits per heavy atom. The third-order valence-corrected chi connectivity index (χ3v) is 8.17. The summed E-state index contributed by atoms with van der Waals surface area (Å²) in [5.41, 5.74) is 1.32. The molecule has 0 saturated carbocycles. The molecule has 3 aliphatic heterocycles. The lowest BCUT2D eigenvalue weighted by Gasteiger charge is -2.38. The molecule has 2 aromatic rings. The van der Waals surface area contributed by atoms with Crippen molar-refractivity contribution in [3.8, 4) is 0 Å². The number of nitrogens with zero attached hydrogens (tertiary/aromatic N) is 4. The van der Waals surface area contributed by atoms with Crippen LogP contribution in [0.4, 0.5) is 23.4 Å². The molecule has 2 atom stereocenters. The fraction of sp³-hybridized carbons (Fsp3) is 0.607. The Labute approximate surface area is 231 Å². The van der Waals surface area contributed by atoms with E-state index in [1.54, 1.807) is 18.9 Å². The molecule has 2 fully saturated rings. The number of piperidine rings is 1. The number of fused-ring (bicyclic) bond motifs is 1. The second-order valence-electron chi connectivity index (χ2n) is 10.7. The molecular weight excluding hydrogens is 530 g/mol. The highest BCUT2D eigenvalue weighted by molar-refractivity contribution is 5.95. The average molecular weight is 566 g/mol. The first kappa shape index (κ1) is 28.7. The SMILES string of the molecule is CO[C@@H]1COCC[C@@H]1NC1CCN(C(=O)c2nc(CF)nc(N3CCc4ccc(C(F)(F)F)cc4C3)c2C)CC1. The number of benzene rings is 1. The number of amides is 1. The van der Waals surface area contributed by atoms with Gasteiger partial charge in [-0.05, 0) is 55.9 Å². The van der Waals surface area contributed by atoms with Crippen LogP contribution in [0.25, 0.3) is 0 Å². The number of ether oxygens (including phenoxy) is 2. The van der Waals surface area contributed by atoms with Crippen LogP contribution < -0.4 is 10.2 Å². The molecule has 0 aliphatic carbocycles. The zero-order chi connectivity index (χ0) is 28.4. The Morgan fingerprint density at radius 3 is 2.62 bits per heavy atom. The van der Waals surface area contributed by atoms with Crippen molar-refractivity contribution in [3.63, 3.8) is 0 Å². The summed E-state index contributed by atoms with van der Waals surface area (Å²) in [7, 11) is 1.68. The van der Waals surface area contributed by atoms with Crippen molar-refractivity contribution in [2.75, 3.05) is 44.9 Å². The van der Waals surface area contributed by atoms with Crippen LogP contribution in [0.3, 0.4) is 0 Å². The molecule has 5 rings (SSSR count). The highest BCUT2D eigenvalue weighted by Gasteiger charge is 2.34. The van der Waals surface area contributed by atoms with E-state index in [9.17, 15) is 22.4 Å². The molecule has 40 heavy (non-hydrogen) atoms. The predicted molar refractivity (Wildman–Crippen MR) is 140 cm³/mol. The van der Waals surface area contributed by atoms with Crippen molar-refractivity contribution in [1.82, 2.24) is 20.2 Å². The standard InChI is InChI=1S/C28H35F4N5O3/c1-17-25(27(38)36-10-6-21(7-11-36)33-22-8-12-40-16-23(22)39-2)34-24(14-29)35-26(17)37-9-5-18-3-4-20(28(30,31)32)13-19(18)15-37/h3-4,13,21-23,33H,5-12,14-16H2,1-2H3/t22-,23+/m0/s1. The summed E-state index contributed by atoms with van der Waals surface area (Å²) in [6, 6.07) is 4.21. The lowest BCUT2D eigenvalue weighted by molar-refractivity contribution is -0.137. The van der Waals surface area contributed by atoms with Crippen LogP contribution >= 0.6 is 0 Å². The summed E-state index contributed by atoms with van der Waals surface area (Å²) in [5, 5.41) is 3.67. The highest BCUT2D eigenvalue weighted by atomic mass is 19.4. The zero-order valence-corrected chi connectivity index (χ0v) is 22.8. The van der Waals surface area contributed by atoms with Crippen LogP contribution in [-0.2, 0) is 35.3 Å². The number of nitrogens with one attached hydrogen (secondary N) is 1. The van der Waals surface area contributed by atoms with Crippen LogP contribution in [0.1, 0.15) is 57.8 Å². The molecular formula is C28H35F4N5O3. The Balaban J connectivity index is 1.30. The maximum absolute atomic E-state index is 13.8. The number of methoxy groups -OCH3 is 1. The number of carbonyl (C=O) groups is 1. The molecule has 1 N–H and O–H groups in total. The van der Waals surface area contributed by atoms with Gasteiger partial charge in [-0.1, -0.05) is 6.07 Å². The van der Waals surface area contributed by atoms with Crippen molar-refractivity contribution in [2.24, 2.45) is 0 Å². The Kier molecular flexibility index (Phi) is 8.58. The second-order valence-corrected chi connectivity index (χ2v) is 10.7. The molecule has 3 aliphatic rings. The molecule has 4 heterocycles. The van der Waals surface area contributed by atoms with E-state index in [1.165, 1.54) is 6.07 Å². The van der Waals surface area contributed by atoms with Crippen LogP contribution in [0.15, 0.2) is 18.2 Å². The largest absolute Gasteiger partial charge is 0.416 e. The first-order valence-corrected chi connectivity index (χ1v) is 13.7. The van der Waals surface area contributed by atoms with Crippen LogP contribution in [0.2, 0.25) is 0 Å². The van der Waals surface area contributed by atoms with Gasteiger partial charge in [-0.15, -0.1) is 0 Å². The van der Waals surface area contributed by atoms with E-state index in [0.717, 1.165) is 37.0 Å². The molecule has 1 aromatic carbocycles. The normalized spacial score (nSPS) is 22.4. The van der Waals surface area contributed by atoms with Crippen molar-refractivity contribution >= 4 is 11.7 Å². The van der Waals surface area contributed by atoms with Gasteiger partial charge in [0.2, 0.25) is 0 Å². The summed E-state index contributed by atoms with van der Waals surface area (Å²) in [6.45, 7) is 3.74. The minimum Gasteiger partial charge on any atom is -0.379 e. The van der Waals surface area contributed by atoms with Crippen LogP contribution in [-0.4, -0.2) is 78.9 Å². The maximum Gasteiger partial charge on any atom is 0.416 e. The van der Waals surface area contributed by atoms with Crippen molar-refractivity contribution < 1.29 is 31.8 Å². The van der Waals surface area contributed by atoms with Crippen LogP contribution in [0.5, 0.6) is 0 Å². The lowest BCUT2D eigenvalue weighted by atomic mass is 9.96. The Morgan fingerprint density at radius 1 is 1.15 bits per heavy atom. The summed E-state index contributed by atoms with van der Waals surface area (Å²) in [5.74, 6) is -0.0110. The second kappa shape index (κ2) is 12.0. The highest BCUT2D eigenvalue weighted by Crippen LogP contribution is 2.34. The van der Waals surface area contributed by atoms with Gasteiger partial charge in [0.25, 0.3) is 5.91 Å². The first-order valence-electron chi connectivity index (χ1n) is 13.7. The van der Waals surface area contributed by atoms with Crippen molar-refractivity contribution in [3.05, 3.63) is 52.0 Å². The number of aromatic nitrogens is 2. The van der Waals surface area contributed by atoms with E-state index in [2.05, 4.69) is 15.3 Å². The van der Waals surface area contributed by atoms with Gasteiger partial charge >= 0.3 is 6.18 Å². The molecule has 0 unspecified atom stereocenters. The molecule has 218 valence electrons. The number of likely N-dealkylation sites (tertiary alicyclic amines) is 1. The Hall–Kier alpha value is -2.83. The minimum atomic E-state index is -4.44. The summed E-state index contributed by atoms with van der Waals surface area (Å²) >= 11 is 0. The van der Waals surface area contributed by atoms with Crippen LogP contribution in [0, 0.1) is 6.92 Å². The summed E-state index contributed by atoms with van der Waals surface area (Å²) in [6.07, 6.45) is -1.54. The number of anilines is 1. The number of alkyl halides is 4. The molecule has 12 heteroatoms.